The summed E-state index contributed by atoms with van der Waals surface area (Å²) in [7, 11) is -1.97. The molecule has 0 spiro atoms. The first kappa shape index (κ1) is 12.5. The lowest BCUT2D eigenvalue weighted by atomic mass is 10.3. The van der Waals surface area contributed by atoms with Crippen LogP contribution in [0.2, 0.25) is 0 Å². The summed E-state index contributed by atoms with van der Waals surface area (Å²) >= 11 is 0.976. The van der Waals surface area contributed by atoms with E-state index < -0.39 is 10.0 Å². The molecule has 0 saturated heterocycles. The third-order valence-electron chi connectivity index (χ3n) is 2.68. The molecule has 0 radical (unpaired) electrons. The van der Waals surface area contributed by atoms with Crippen molar-refractivity contribution in [3.8, 4) is 0 Å². The van der Waals surface area contributed by atoms with Crippen molar-refractivity contribution in [2.45, 2.75) is 17.1 Å². The summed E-state index contributed by atoms with van der Waals surface area (Å²) in [5.74, 6) is 0.461. The van der Waals surface area contributed by atoms with Crippen molar-refractivity contribution in [3.63, 3.8) is 0 Å². The van der Waals surface area contributed by atoms with E-state index in [4.69, 9.17) is 5.14 Å². The zero-order valence-corrected chi connectivity index (χ0v) is 11.1. The van der Waals surface area contributed by atoms with Crippen LogP contribution >= 0.6 is 11.3 Å². The Balaban J connectivity index is 2.11. The van der Waals surface area contributed by atoms with Crippen molar-refractivity contribution in [2.24, 2.45) is 11.1 Å². The van der Waals surface area contributed by atoms with Gasteiger partial charge in [-0.05, 0) is 24.8 Å². The molecule has 0 atom stereocenters. The Bertz CT molecular complexity index is 532. The molecule has 1 aliphatic carbocycles. The molecule has 1 aromatic heterocycles. The molecule has 0 aromatic carbocycles. The maximum atomic E-state index is 11.9. The van der Waals surface area contributed by atoms with Crippen molar-refractivity contribution in [1.29, 1.82) is 0 Å². The van der Waals surface area contributed by atoms with Gasteiger partial charge in [-0.3, -0.25) is 4.79 Å². The van der Waals surface area contributed by atoms with Gasteiger partial charge in [0, 0.05) is 19.0 Å². The molecule has 2 rings (SSSR count). The number of amides is 1. The molecule has 1 fully saturated rings. The van der Waals surface area contributed by atoms with E-state index in [0.717, 1.165) is 17.9 Å². The van der Waals surface area contributed by atoms with Crippen LogP contribution in [0.25, 0.3) is 0 Å². The number of rotatable bonds is 4. The fourth-order valence-electron chi connectivity index (χ4n) is 1.57. The van der Waals surface area contributed by atoms with E-state index in [-0.39, 0.29) is 10.1 Å². The SMILES string of the molecule is CN(CC1CC1)C(=O)c1csc(S(N)(=O)=O)c1. The van der Waals surface area contributed by atoms with Crippen LogP contribution in [0.3, 0.4) is 0 Å². The van der Waals surface area contributed by atoms with E-state index in [1.807, 2.05) is 0 Å². The van der Waals surface area contributed by atoms with E-state index in [2.05, 4.69) is 0 Å². The Labute approximate surface area is 104 Å². The fraction of sp³-hybridized carbons (Fsp3) is 0.500. The zero-order valence-electron chi connectivity index (χ0n) is 9.42. The van der Waals surface area contributed by atoms with Gasteiger partial charge < -0.3 is 4.90 Å². The second kappa shape index (κ2) is 4.40. The van der Waals surface area contributed by atoms with Crippen LogP contribution in [0.1, 0.15) is 23.2 Å². The number of carbonyl (C=O) groups is 1. The van der Waals surface area contributed by atoms with Gasteiger partial charge in [0.2, 0.25) is 10.0 Å². The summed E-state index contributed by atoms with van der Waals surface area (Å²) in [5.41, 5.74) is 0.391. The highest BCUT2D eigenvalue weighted by molar-refractivity contribution is 7.91. The Kier molecular flexibility index (Phi) is 3.24. The van der Waals surface area contributed by atoms with Crippen LogP contribution in [-0.4, -0.2) is 32.8 Å². The summed E-state index contributed by atoms with van der Waals surface area (Å²) in [6.07, 6.45) is 2.34. The standard InChI is InChI=1S/C10H14N2O3S2/c1-12(5-7-2-3-7)10(13)8-4-9(16-6-8)17(11,14)15/h4,6-7H,2-3,5H2,1H3,(H2,11,14,15). The van der Waals surface area contributed by atoms with Gasteiger partial charge >= 0.3 is 0 Å². The van der Waals surface area contributed by atoms with Crippen LogP contribution in [0, 0.1) is 5.92 Å². The molecule has 7 heteroatoms. The molecule has 2 N–H and O–H groups in total. The Morgan fingerprint density at radius 1 is 1.59 bits per heavy atom. The molecule has 1 amide bonds. The smallest absolute Gasteiger partial charge is 0.254 e. The molecular formula is C10H14N2O3S2. The Morgan fingerprint density at radius 2 is 2.24 bits per heavy atom. The predicted octanol–water partition coefficient (Wildman–Crippen LogP) is 0.878. The van der Waals surface area contributed by atoms with Gasteiger partial charge in [-0.25, -0.2) is 13.6 Å². The lowest BCUT2D eigenvalue weighted by Crippen LogP contribution is -2.28. The molecule has 17 heavy (non-hydrogen) atoms. The van der Waals surface area contributed by atoms with Gasteiger partial charge in [-0.15, -0.1) is 11.3 Å². The topological polar surface area (TPSA) is 80.5 Å². The van der Waals surface area contributed by atoms with Gasteiger partial charge in [0.15, 0.2) is 0 Å². The average molecular weight is 274 g/mol. The first-order chi connectivity index (χ1) is 7.88. The van der Waals surface area contributed by atoms with Crippen molar-refractivity contribution in [1.82, 2.24) is 4.90 Å². The quantitative estimate of drug-likeness (QED) is 0.885. The number of nitrogens with zero attached hydrogens (tertiary/aromatic N) is 1. The molecule has 1 heterocycles. The van der Waals surface area contributed by atoms with Gasteiger partial charge in [-0.1, -0.05) is 0 Å². The summed E-state index contributed by atoms with van der Waals surface area (Å²) in [6, 6.07) is 1.34. The third-order valence-corrected chi connectivity index (χ3v) is 5.06. The van der Waals surface area contributed by atoms with Gasteiger partial charge in [0.1, 0.15) is 4.21 Å². The Morgan fingerprint density at radius 3 is 2.71 bits per heavy atom. The van der Waals surface area contributed by atoms with Crippen molar-refractivity contribution < 1.29 is 13.2 Å². The van der Waals surface area contributed by atoms with Crippen LogP contribution in [0.5, 0.6) is 0 Å². The number of sulfonamides is 1. The molecule has 1 saturated carbocycles. The number of hydrogen-bond donors (Lipinski definition) is 1. The van der Waals surface area contributed by atoms with E-state index >= 15 is 0 Å². The molecule has 0 bridgehead atoms. The number of primary sulfonamides is 1. The number of carbonyl (C=O) groups excluding carboxylic acids is 1. The summed E-state index contributed by atoms with van der Waals surface area (Å²) in [6.45, 7) is 0.736. The molecule has 1 aliphatic rings. The number of hydrogen-bond acceptors (Lipinski definition) is 4. The summed E-state index contributed by atoms with van der Waals surface area (Å²) in [5, 5.41) is 6.53. The summed E-state index contributed by atoms with van der Waals surface area (Å²) in [4.78, 5) is 13.6. The highest BCUT2D eigenvalue weighted by Gasteiger charge is 2.26. The number of thiophene rings is 1. The highest BCUT2D eigenvalue weighted by atomic mass is 32.2. The highest BCUT2D eigenvalue weighted by Crippen LogP contribution is 2.30. The minimum atomic E-state index is -3.70. The van der Waals surface area contributed by atoms with E-state index in [0.29, 0.717) is 11.5 Å². The molecule has 0 aliphatic heterocycles. The minimum Gasteiger partial charge on any atom is -0.341 e. The van der Waals surface area contributed by atoms with E-state index in [1.165, 1.54) is 24.3 Å². The minimum absolute atomic E-state index is 0.0284. The second-order valence-electron chi connectivity index (χ2n) is 4.33. The van der Waals surface area contributed by atoms with Gasteiger partial charge in [0.25, 0.3) is 5.91 Å². The molecule has 0 unspecified atom stereocenters. The Hall–Kier alpha value is -0.920. The second-order valence-corrected chi connectivity index (χ2v) is 7.03. The van der Waals surface area contributed by atoms with E-state index in [1.54, 1.807) is 11.9 Å². The van der Waals surface area contributed by atoms with Gasteiger partial charge in [-0.2, -0.15) is 0 Å². The maximum Gasteiger partial charge on any atom is 0.254 e. The van der Waals surface area contributed by atoms with Crippen molar-refractivity contribution in [2.75, 3.05) is 13.6 Å². The molecule has 1 aromatic rings. The average Bonchev–Trinajstić information content (AvgIpc) is 2.89. The molecular weight excluding hydrogens is 260 g/mol. The first-order valence-electron chi connectivity index (χ1n) is 5.24. The van der Waals surface area contributed by atoms with Crippen LogP contribution < -0.4 is 5.14 Å². The predicted molar refractivity (Wildman–Crippen MR) is 65.4 cm³/mol. The first-order valence-corrected chi connectivity index (χ1v) is 7.67. The normalized spacial score (nSPS) is 15.9. The zero-order chi connectivity index (χ0) is 12.6. The van der Waals surface area contributed by atoms with E-state index in [9.17, 15) is 13.2 Å². The van der Waals surface area contributed by atoms with Gasteiger partial charge in [0.05, 0.1) is 5.56 Å². The maximum absolute atomic E-state index is 11.9. The summed E-state index contributed by atoms with van der Waals surface area (Å²) < 4.78 is 22.2. The third kappa shape index (κ3) is 3.05. The number of nitrogens with two attached hydrogens (primary N) is 1. The largest absolute Gasteiger partial charge is 0.341 e. The lowest BCUT2D eigenvalue weighted by molar-refractivity contribution is 0.0789. The monoisotopic (exact) mass is 274 g/mol. The molecule has 94 valence electrons. The lowest BCUT2D eigenvalue weighted by Gasteiger charge is -2.15. The van der Waals surface area contributed by atoms with Crippen LogP contribution in [0.4, 0.5) is 0 Å². The van der Waals surface area contributed by atoms with Crippen LogP contribution in [-0.2, 0) is 10.0 Å². The van der Waals surface area contributed by atoms with Crippen molar-refractivity contribution in [3.05, 3.63) is 17.0 Å². The fourth-order valence-corrected chi connectivity index (χ4v) is 3.15. The van der Waals surface area contributed by atoms with Crippen molar-refractivity contribution >= 4 is 27.3 Å². The van der Waals surface area contributed by atoms with Crippen LogP contribution in [0.15, 0.2) is 15.7 Å². The molecule has 5 nitrogen and oxygen atoms in total.